The Bertz CT molecular complexity index is 1380. The number of benzene rings is 2. The Balaban J connectivity index is 1.52. The number of dihydropyridines is 1. The van der Waals surface area contributed by atoms with Gasteiger partial charge in [0, 0.05) is 41.1 Å². The number of hydrogen-bond donors (Lipinski definition) is 2. The summed E-state index contributed by atoms with van der Waals surface area (Å²) in [6.07, 6.45) is 3.63. The van der Waals surface area contributed by atoms with Gasteiger partial charge in [-0.2, -0.15) is 0 Å². The van der Waals surface area contributed by atoms with Gasteiger partial charge in [0.25, 0.3) is 5.91 Å². The van der Waals surface area contributed by atoms with Crippen molar-refractivity contribution in [1.29, 1.82) is 0 Å². The van der Waals surface area contributed by atoms with Crippen molar-refractivity contribution in [3.05, 3.63) is 107 Å². The number of aromatic nitrogens is 1. The van der Waals surface area contributed by atoms with Crippen LogP contribution in [-0.2, 0) is 16.2 Å². The lowest BCUT2D eigenvalue weighted by Gasteiger charge is -2.34. The number of allylic oxidation sites excluding steroid dienone is 3. The van der Waals surface area contributed by atoms with Crippen molar-refractivity contribution in [1.82, 2.24) is 10.3 Å². The molecule has 3 aromatic rings. The van der Waals surface area contributed by atoms with Crippen LogP contribution in [0.1, 0.15) is 43.2 Å². The number of carbonyl (C=O) groups is 2. The van der Waals surface area contributed by atoms with Gasteiger partial charge in [-0.15, -0.1) is 0 Å². The highest BCUT2D eigenvalue weighted by Gasteiger charge is 2.38. The Kier molecular flexibility index (Phi) is 7.03. The first-order valence-corrected chi connectivity index (χ1v) is 12.4. The van der Waals surface area contributed by atoms with Crippen molar-refractivity contribution in [2.45, 2.75) is 38.7 Å². The molecule has 1 aromatic heterocycles. The molecule has 0 saturated carbocycles. The van der Waals surface area contributed by atoms with Gasteiger partial charge in [-0.05, 0) is 55.2 Å². The van der Waals surface area contributed by atoms with Crippen LogP contribution in [0.3, 0.4) is 0 Å². The number of Topliss-reactive ketones (excluding diaryl/α,β-unsaturated/α-hetero) is 1. The number of ketones is 1. The molecule has 7 heteroatoms. The van der Waals surface area contributed by atoms with Gasteiger partial charge in [0.05, 0.1) is 7.11 Å². The van der Waals surface area contributed by atoms with E-state index in [2.05, 4.69) is 15.6 Å². The number of nitrogens with zero attached hydrogens (tertiary/aromatic N) is 1. The number of carbonyl (C=O) groups excluding carboxylic acids is 2. The van der Waals surface area contributed by atoms with Crippen LogP contribution < -0.4 is 20.1 Å². The van der Waals surface area contributed by atoms with E-state index in [0.29, 0.717) is 41.5 Å². The molecule has 7 nitrogen and oxygen atoms in total. The van der Waals surface area contributed by atoms with Crippen LogP contribution in [0, 0.1) is 0 Å². The minimum Gasteiger partial charge on any atom is -0.493 e. The maximum absolute atomic E-state index is 13.6. The molecular formula is C30H29N3O4. The standard InChI is InChI=1S/C30H29N3O4/c1-19-27(30(35)33-26-13-6-7-16-31-26)28(29-22(32-19)11-8-12-23(29)34)21-14-15-24(25(17-21)36-2)37-18-20-9-4-3-5-10-20/h3-7,9-10,13-17,28,32H,8,11-12,18H2,1-2H3,(H,31,33,35)/t28-/m0/s1. The summed E-state index contributed by atoms with van der Waals surface area (Å²) in [4.78, 5) is 31.0. The Morgan fingerprint density at radius 1 is 1.05 bits per heavy atom. The highest BCUT2D eigenvalue weighted by atomic mass is 16.5. The number of methoxy groups -OCH3 is 1. The van der Waals surface area contributed by atoms with E-state index in [1.807, 2.05) is 61.5 Å². The van der Waals surface area contributed by atoms with Gasteiger partial charge in [-0.3, -0.25) is 9.59 Å². The molecule has 2 aliphatic rings. The van der Waals surface area contributed by atoms with Crippen molar-refractivity contribution in [2.24, 2.45) is 0 Å². The number of amides is 1. The summed E-state index contributed by atoms with van der Waals surface area (Å²) in [6, 6.07) is 20.8. The quantitative estimate of drug-likeness (QED) is 0.464. The van der Waals surface area contributed by atoms with Gasteiger partial charge in [-0.25, -0.2) is 4.98 Å². The molecule has 0 fully saturated rings. The molecule has 5 rings (SSSR count). The zero-order valence-corrected chi connectivity index (χ0v) is 20.9. The summed E-state index contributed by atoms with van der Waals surface area (Å²) < 4.78 is 11.7. The van der Waals surface area contributed by atoms with Gasteiger partial charge in [0.2, 0.25) is 0 Å². The summed E-state index contributed by atoms with van der Waals surface area (Å²) in [5, 5.41) is 6.24. The first-order chi connectivity index (χ1) is 18.0. The van der Waals surface area contributed by atoms with Crippen LogP contribution >= 0.6 is 0 Å². The summed E-state index contributed by atoms with van der Waals surface area (Å²) >= 11 is 0. The summed E-state index contributed by atoms with van der Waals surface area (Å²) in [7, 11) is 1.59. The van der Waals surface area contributed by atoms with Gasteiger partial charge in [-0.1, -0.05) is 42.5 Å². The van der Waals surface area contributed by atoms with Crippen LogP contribution in [0.25, 0.3) is 0 Å². The van der Waals surface area contributed by atoms with E-state index in [0.717, 1.165) is 35.4 Å². The largest absolute Gasteiger partial charge is 0.493 e. The predicted molar refractivity (Wildman–Crippen MR) is 141 cm³/mol. The topological polar surface area (TPSA) is 89.5 Å². The minimum absolute atomic E-state index is 0.0535. The number of anilines is 1. The Morgan fingerprint density at radius 3 is 2.62 bits per heavy atom. The molecule has 1 aliphatic carbocycles. The third-order valence-electron chi connectivity index (χ3n) is 6.69. The molecule has 1 aliphatic heterocycles. The Labute approximate surface area is 216 Å². The Hall–Kier alpha value is -4.39. The highest BCUT2D eigenvalue weighted by Crippen LogP contribution is 2.44. The van der Waals surface area contributed by atoms with Crippen LogP contribution in [0.4, 0.5) is 5.82 Å². The van der Waals surface area contributed by atoms with Crippen molar-refractivity contribution in [2.75, 3.05) is 12.4 Å². The normalized spacial score (nSPS) is 17.1. The second kappa shape index (κ2) is 10.7. The lowest BCUT2D eigenvalue weighted by molar-refractivity contribution is -0.116. The average Bonchev–Trinajstić information content (AvgIpc) is 2.92. The molecule has 2 heterocycles. The lowest BCUT2D eigenvalue weighted by Crippen LogP contribution is -2.35. The number of nitrogens with one attached hydrogen (secondary N) is 2. The molecule has 0 spiro atoms. The fourth-order valence-corrected chi connectivity index (χ4v) is 4.96. The fourth-order valence-electron chi connectivity index (χ4n) is 4.96. The van der Waals surface area contributed by atoms with Gasteiger partial charge < -0.3 is 20.1 Å². The Morgan fingerprint density at radius 2 is 1.86 bits per heavy atom. The lowest BCUT2D eigenvalue weighted by atomic mass is 9.75. The predicted octanol–water partition coefficient (Wildman–Crippen LogP) is 5.28. The molecule has 0 saturated heterocycles. The number of rotatable bonds is 7. The summed E-state index contributed by atoms with van der Waals surface area (Å²) in [5.41, 5.74) is 4.56. The van der Waals surface area contributed by atoms with E-state index in [4.69, 9.17) is 9.47 Å². The minimum atomic E-state index is -0.537. The number of ether oxygens (including phenoxy) is 2. The van der Waals surface area contributed by atoms with E-state index in [1.165, 1.54) is 0 Å². The first kappa shape index (κ1) is 24.3. The molecule has 1 amide bonds. The van der Waals surface area contributed by atoms with Gasteiger partial charge in [0.15, 0.2) is 17.3 Å². The van der Waals surface area contributed by atoms with Gasteiger partial charge >= 0.3 is 0 Å². The highest BCUT2D eigenvalue weighted by molar-refractivity contribution is 6.09. The third kappa shape index (κ3) is 5.11. The van der Waals surface area contributed by atoms with Crippen molar-refractivity contribution < 1.29 is 19.1 Å². The zero-order valence-electron chi connectivity index (χ0n) is 20.9. The van der Waals surface area contributed by atoms with Crippen LogP contribution in [0.5, 0.6) is 11.5 Å². The van der Waals surface area contributed by atoms with E-state index in [1.54, 1.807) is 25.4 Å². The molecule has 2 aromatic carbocycles. The molecule has 2 N–H and O–H groups in total. The summed E-state index contributed by atoms with van der Waals surface area (Å²) in [5.74, 6) is 0.793. The number of pyridine rings is 1. The van der Waals surface area contributed by atoms with Crippen molar-refractivity contribution in [3.8, 4) is 11.5 Å². The second-order valence-corrected chi connectivity index (χ2v) is 9.12. The zero-order chi connectivity index (χ0) is 25.8. The van der Waals surface area contributed by atoms with E-state index in [9.17, 15) is 9.59 Å². The second-order valence-electron chi connectivity index (χ2n) is 9.12. The molecule has 0 radical (unpaired) electrons. The molecule has 1 atom stereocenters. The summed E-state index contributed by atoms with van der Waals surface area (Å²) in [6.45, 7) is 2.27. The molecule has 188 valence electrons. The maximum atomic E-state index is 13.6. The molecule has 37 heavy (non-hydrogen) atoms. The fraction of sp³-hybridized carbons (Fsp3) is 0.233. The van der Waals surface area contributed by atoms with Crippen LogP contribution in [-0.4, -0.2) is 23.8 Å². The molecule has 0 unspecified atom stereocenters. The van der Waals surface area contributed by atoms with Gasteiger partial charge in [0.1, 0.15) is 12.4 Å². The van der Waals surface area contributed by atoms with Crippen LogP contribution in [0.2, 0.25) is 0 Å². The van der Waals surface area contributed by atoms with E-state index < -0.39 is 5.92 Å². The third-order valence-corrected chi connectivity index (χ3v) is 6.69. The van der Waals surface area contributed by atoms with Crippen molar-refractivity contribution in [3.63, 3.8) is 0 Å². The first-order valence-electron chi connectivity index (χ1n) is 12.4. The SMILES string of the molecule is COc1cc([C@H]2C(C(=O)Nc3ccccn3)=C(C)NC3=C2C(=O)CCC3)ccc1OCc1ccccc1. The van der Waals surface area contributed by atoms with Crippen molar-refractivity contribution >= 4 is 17.5 Å². The smallest absolute Gasteiger partial charge is 0.255 e. The number of hydrogen-bond acceptors (Lipinski definition) is 6. The monoisotopic (exact) mass is 495 g/mol. The molecule has 0 bridgehead atoms. The van der Waals surface area contributed by atoms with Crippen LogP contribution in [0.15, 0.2) is 95.5 Å². The maximum Gasteiger partial charge on any atom is 0.255 e. The van der Waals surface area contributed by atoms with E-state index in [-0.39, 0.29) is 11.7 Å². The average molecular weight is 496 g/mol. The van der Waals surface area contributed by atoms with E-state index >= 15 is 0 Å². The molecular weight excluding hydrogens is 466 g/mol.